The minimum Gasteiger partial charge on any atom is -0.397 e. The van der Waals surface area contributed by atoms with E-state index in [1.165, 1.54) is 25.7 Å². The first-order chi connectivity index (χ1) is 9.54. The second kappa shape index (κ2) is 5.08. The van der Waals surface area contributed by atoms with Gasteiger partial charge in [-0.05, 0) is 56.9 Å². The fourth-order valence-electron chi connectivity index (χ4n) is 4.08. The molecular weight excluding hydrogens is 250 g/mol. The number of fused-ring (bicyclic) bond motifs is 2. The Bertz CT molecular complexity index is 528. The zero-order valence-corrected chi connectivity index (χ0v) is 12.2. The zero-order valence-electron chi connectivity index (χ0n) is 12.2. The molecule has 0 aromatic carbocycles. The first-order valence-electron chi connectivity index (χ1n) is 7.57. The summed E-state index contributed by atoms with van der Waals surface area (Å²) >= 11 is 0. The molecule has 4 heteroatoms. The predicted octanol–water partition coefficient (Wildman–Crippen LogP) is 2.53. The molecule has 4 atom stereocenters. The van der Waals surface area contributed by atoms with Gasteiger partial charge >= 0.3 is 0 Å². The maximum absolute atomic E-state index is 12.4. The Hall–Kier alpha value is -1.58. The van der Waals surface area contributed by atoms with Gasteiger partial charge in [0.05, 0.1) is 23.1 Å². The maximum atomic E-state index is 12.4. The summed E-state index contributed by atoms with van der Waals surface area (Å²) in [6, 6.07) is 1.95. The van der Waals surface area contributed by atoms with Crippen LogP contribution < -0.4 is 11.1 Å². The molecule has 2 aliphatic carbocycles. The van der Waals surface area contributed by atoms with Crippen molar-refractivity contribution >= 4 is 11.6 Å². The van der Waals surface area contributed by atoms with Crippen molar-refractivity contribution in [1.29, 1.82) is 0 Å². The standard InChI is InChI=1S/C16H23N3O/c1-9-15(7-13(17)8-18-9)16(20)19-10(2)14-6-11-3-4-12(14)5-11/h7-8,10-12,14H,3-6,17H2,1-2H3,(H,19,20). The van der Waals surface area contributed by atoms with Crippen molar-refractivity contribution in [2.45, 2.75) is 45.6 Å². The Labute approximate surface area is 120 Å². The molecule has 4 unspecified atom stereocenters. The molecule has 2 saturated carbocycles. The summed E-state index contributed by atoms with van der Waals surface area (Å²) in [6.45, 7) is 3.98. The van der Waals surface area contributed by atoms with Gasteiger partial charge in [0, 0.05) is 6.04 Å². The number of nitrogens with two attached hydrogens (primary N) is 1. The van der Waals surface area contributed by atoms with E-state index in [4.69, 9.17) is 5.73 Å². The first-order valence-corrected chi connectivity index (χ1v) is 7.57. The summed E-state index contributed by atoms with van der Waals surface area (Å²) in [5, 5.41) is 3.16. The van der Waals surface area contributed by atoms with Gasteiger partial charge in [0.25, 0.3) is 5.91 Å². The molecule has 1 amide bonds. The van der Waals surface area contributed by atoms with Crippen LogP contribution in [0.15, 0.2) is 12.3 Å². The molecule has 1 aromatic rings. The van der Waals surface area contributed by atoms with Crippen molar-refractivity contribution in [2.24, 2.45) is 17.8 Å². The summed E-state index contributed by atoms with van der Waals surface area (Å²) in [4.78, 5) is 16.5. The second-order valence-corrected chi connectivity index (χ2v) is 6.50. The summed E-state index contributed by atoms with van der Waals surface area (Å²) in [5.41, 5.74) is 7.59. The van der Waals surface area contributed by atoms with Crippen LogP contribution in [0.4, 0.5) is 5.69 Å². The van der Waals surface area contributed by atoms with E-state index in [9.17, 15) is 4.79 Å². The molecule has 2 fully saturated rings. The molecule has 3 N–H and O–H groups in total. The molecule has 0 aliphatic heterocycles. The number of carbonyl (C=O) groups is 1. The smallest absolute Gasteiger partial charge is 0.253 e. The molecule has 1 aromatic heterocycles. The highest BCUT2D eigenvalue weighted by atomic mass is 16.1. The molecule has 0 spiro atoms. The maximum Gasteiger partial charge on any atom is 0.253 e. The van der Waals surface area contributed by atoms with Crippen molar-refractivity contribution in [1.82, 2.24) is 10.3 Å². The molecular formula is C16H23N3O. The van der Waals surface area contributed by atoms with E-state index in [0.717, 1.165) is 17.5 Å². The van der Waals surface area contributed by atoms with Crippen molar-refractivity contribution < 1.29 is 4.79 Å². The number of pyridine rings is 1. The summed E-state index contributed by atoms with van der Waals surface area (Å²) in [7, 11) is 0. The number of hydrogen-bond donors (Lipinski definition) is 2. The number of nitrogen functional groups attached to an aromatic ring is 1. The van der Waals surface area contributed by atoms with E-state index < -0.39 is 0 Å². The van der Waals surface area contributed by atoms with Crippen molar-refractivity contribution in [3.8, 4) is 0 Å². The molecule has 2 aliphatic rings. The normalized spacial score (nSPS) is 29.4. The van der Waals surface area contributed by atoms with Crippen molar-refractivity contribution in [3.63, 3.8) is 0 Å². The predicted molar refractivity (Wildman–Crippen MR) is 79.3 cm³/mol. The van der Waals surface area contributed by atoms with Gasteiger partial charge in [0.15, 0.2) is 0 Å². The fraction of sp³-hybridized carbons (Fsp3) is 0.625. The third-order valence-corrected chi connectivity index (χ3v) is 5.15. The summed E-state index contributed by atoms with van der Waals surface area (Å²) in [5.74, 6) is 2.32. The van der Waals surface area contributed by atoms with Gasteiger partial charge in [0.2, 0.25) is 0 Å². The highest BCUT2D eigenvalue weighted by Crippen LogP contribution is 2.49. The van der Waals surface area contributed by atoms with Crippen LogP contribution >= 0.6 is 0 Å². The number of rotatable bonds is 3. The summed E-state index contributed by atoms with van der Waals surface area (Å²) in [6.07, 6.45) is 6.96. The van der Waals surface area contributed by atoms with Gasteiger partial charge in [-0.1, -0.05) is 6.42 Å². The van der Waals surface area contributed by atoms with E-state index in [1.807, 2.05) is 6.92 Å². The van der Waals surface area contributed by atoms with Crippen LogP contribution in [0.1, 0.15) is 48.7 Å². The molecule has 1 heterocycles. The lowest BCUT2D eigenvalue weighted by molar-refractivity contribution is 0.0914. The number of aromatic nitrogens is 1. The zero-order chi connectivity index (χ0) is 14.3. The van der Waals surface area contributed by atoms with E-state index in [0.29, 0.717) is 17.2 Å². The molecule has 0 saturated heterocycles. The quantitative estimate of drug-likeness (QED) is 0.889. The van der Waals surface area contributed by atoms with Crippen LogP contribution in [-0.2, 0) is 0 Å². The number of amides is 1. The molecule has 3 rings (SSSR count). The third-order valence-electron chi connectivity index (χ3n) is 5.15. The highest BCUT2D eigenvalue weighted by molar-refractivity contribution is 5.96. The van der Waals surface area contributed by atoms with Gasteiger partial charge in [0.1, 0.15) is 0 Å². The molecule has 108 valence electrons. The Balaban J connectivity index is 1.68. The van der Waals surface area contributed by atoms with Gasteiger partial charge in [-0.15, -0.1) is 0 Å². The van der Waals surface area contributed by atoms with Crippen LogP contribution in [0.2, 0.25) is 0 Å². The number of anilines is 1. The minimum absolute atomic E-state index is 0.0439. The third kappa shape index (κ3) is 2.39. The van der Waals surface area contributed by atoms with E-state index in [-0.39, 0.29) is 11.9 Å². The van der Waals surface area contributed by atoms with Gasteiger partial charge in [-0.3, -0.25) is 9.78 Å². The van der Waals surface area contributed by atoms with Crippen LogP contribution in [0.5, 0.6) is 0 Å². The lowest BCUT2D eigenvalue weighted by atomic mass is 9.84. The van der Waals surface area contributed by atoms with Gasteiger partial charge < -0.3 is 11.1 Å². The lowest BCUT2D eigenvalue weighted by Gasteiger charge is -2.28. The number of aryl methyl sites for hydroxylation is 1. The van der Waals surface area contributed by atoms with Crippen molar-refractivity contribution in [2.75, 3.05) is 5.73 Å². The van der Waals surface area contributed by atoms with Crippen LogP contribution in [0.3, 0.4) is 0 Å². The lowest BCUT2D eigenvalue weighted by Crippen LogP contribution is -2.40. The van der Waals surface area contributed by atoms with E-state index >= 15 is 0 Å². The van der Waals surface area contributed by atoms with Gasteiger partial charge in [-0.2, -0.15) is 0 Å². The van der Waals surface area contributed by atoms with Crippen molar-refractivity contribution in [3.05, 3.63) is 23.5 Å². The number of nitrogens with one attached hydrogen (secondary N) is 1. The molecule has 4 nitrogen and oxygen atoms in total. The van der Waals surface area contributed by atoms with E-state index in [1.54, 1.807) is 12.3 Å². The fourth-order valence-corrected chi connectivity index (χ4v) is 4.08. The second-order valence-electron chi connectivity index (χ2n) is 6.50. The number of nitrogens with zero attached hydrogens (tertiary/aromatic N) is 1. The van der Waals surface area contributed by atoms with Gasteiger partial charge in [-0.25, -0.2) is 0 Å². The average molecular weight is 273 g/mol. The number of carbonyl (C=O) groups excluding carboxylic acids is 1. The van der Waals surface area contributed by atoms with Crippen LogP contribution in [0.25, 0.3) is 0 Å². The minimum atomic E-state index is -0.0439. The average Bonchev–Trinajstić information content (AvgIpc) is 3.03. The molecule has 2 bridgehead atoms. The SMILES string of the molecule is Cc1ncc(N)cc1C(=O)NC(C)C1CC2CCC1C2. The summed E-state index contributed by atoms with van der Waals surface area (Å²) < 4.78 is 0. The van der Waals surface area contributed by atoms with Crippen LogP contribution in [0, 0.1) is 24.7 Å². The van der Waals surface area contributed by atoms with E-state index in [2.05, 4.69) is 17.2 Å². The van der Waals surface area contributed by atoms with Crippen LogP contribution in [-0.4, -0.2) is 16.9 Å². The topological polar surface area (TPSA) is 68.0 Å². The Morgan fingerprint density at radius 2 is 2.25 bits per heavy atom. The highest BCUT2D eigenvalue weighted by Gasteiger charge is 2.42. The largest absolute Gasteiger partial charge is 0.397 e. The Kier molecular flexibility index (Phi) is 3.40. The Morgan fingerprint density at radius 1 is 1.45 bits per heavy atom. The number of hydrogen-bond acceptors (Lipinski definition) is 3. The first kappa shape index (κ1) is 13.4. The molecule has 20 heavy (non-hydrogen) atoms. The monoisotopic (exact) mass is 273 g/mol. The Morgan fingerprint density at radius 3 is 2.90 bits per heavy atom. The molecule has 0 radical (unpaired) electrons.